The number of carbonyl (C=O) groups is 1. The maximum absolute atomic E-state index is 13.6. The molecule has 0 aliphatic heterocycles. The van der Waals surface area contributed by atoms with Gasteiger partial charge in [-0.05, 0) is 95.5 Å². The van der Waals surface area contributed by atoms with E-state index in [2.05, 4.69) is 33.4 Å². The summed E-state index contributed by atoms with van der Waals surface area (Å²) in [4.78, 5) is 24.2. The molecule has 4 aliphatic rings. The minimum atomic E-state index is -0.436. The molecule has 0 saturated heterocycles. The van der Waals surface area contributed by atoms with E-state index in [1.807, 2.05) is 12.1 Å². The fraction of sp³-hybridized carbons (Fsp3) is 0.458. The van der Waals surface area contributed by atoms with Crippen LogP contribution in [0.15, 0.2) is 46.9 Å². The van der Waals surface area contributed by atoms with Crippen molar-refractivity contribution in [2.24, 2.45) is 17.3 Å². The molecule has 4 bridgehead atoms. The van der Waals surface area contributed by atoms with Crippen molar-refractivity contribution in [2.75, 3.05) is 12.4 Å². The Bertz CT molecular complexity index is 1040. The molecule has 4 saturated carbocycles. The second-order valence-corrected chi connectivity index (χ2v) is 10.5. The summed E-state index contributed by atoms with van der Waals surface area (Å²) >= 11 is 3.38. The quantitative estimate of drug-likeness (QED) is 0.426. The smallest absolute Gasteiger partial charge is 0.270 e. The SMILES string of the molecule is COc1ccc(C23CC4CC(CC(C(=O)Nc5ccc([N+](=O)[O-])cc5Br)(C4)C2)C3)cc1. The summed E-state index contributed by atoms with van der Waals surface area (Å²) in [6.07, 6.45) is 6.22. The molecule has 2 aromatic carbocycles. The fourth-order valence-electron chi connectivity index (χ4n) is 6.78. The van der Waals surface area contributed by atoms with E-state index in [0.717, 1.165) is 37.9 Å². The van der Waals surface area contributed by atoms with E-state index in [1.165, 1.54) is 24.1 Å². The van der Waals surface area contributed by atoms with Gasteiger partial charge in [0.25, 0.3) is 5.69 Å². The third kappa shape index (κ3) is 3.43. The Hall–Kier alpha value is -2.41. The number of ether oxygens (including phenoxy) is 1. The van der Waals surface area contributed by atoms with Gasteiger partial charge in [-0.25, -0.2) is 0 Å². The highest BCUT2D eigenvalue weighted by Crippen LogP contribution is 2.66. The number of rotatable bonds is 5. The molecule has 2 unspecified atom stereocenters. The van der Waals surface area contributed by atoms with Crippen molar-refractivity contribution in [3.05, 3.63) is 62.6 Å². The van der Waals surface area contributed by atoms with Crippen LogP contribution in [0.4, 0.5) is 11.4 Å². The first-order chi connectivity index (χ1) is 14.8. The molecule has 162 valence electrons. The van der Waals surface area contributed by atoms with Crippen molar-refractivity contribution < 1.29 is 14.5 Å². The number of hydrogen-bond donors (Lipinski definition) is 1. The van der Waals surface area contributed by atoms with Crippen LogP contribution in [0.1, 0.15) is 44.1 Å². The molecule has 2 aromatic rings. The third-order valence-corrected chi connectivity index (χ3v) is 8.31. The molecule has 0 radical (unpaired) electrons. The summed E-state index contributed by atoms with van der Waals surface area (Å²) < 4.78 is 5.87. The van der Waals surface area contributed by atoms with Crippen LogP contribution in [0.25, 0.3) is 0 Å². The van der Waals surface area contributed by atoms with Crippen molar-refractivity contribution in [2.45, 2.75) is 43.9 Å². The van der Waals surface area contributed by atoms with Crippen molar-refractivity contribution in [3.8, 4) is 5.75 Å². The summed E-state index contributed by atoms with van der Waals surface area (Å²) in [5.74, 6) is 2.03. The van der Waals surface area contributed by atoms with Crippen LogP contribution in [0.5, 0.6) is 5.75 Å². The highest BCUT2D eigenvalue weighted by Gasteiger charge is 2.60. The average Bonchev–Trinajstić information content (AvgIpc) is 2.74. The summed E-state index contributed by atoms with van der Waals surface area (Å²) in [5.41, 5.74) is 1.56. The number of carbonyl (C=O) groups excluding carboxylic acids is 1. The van der Waals surface area contributed by atoms with Gasteiger partial charge in [-0.15, -0.1) is 0 Å². The first-order valence-electron chi connectivity index (χ1n) is 10.7. The zero-order chi connectivity index (χ0) is 21.8. The molecule has 4 aliphatic carbocycles. The number of nitrogens with one attached hydrogen (secondary N) is 1. The Labute approximate surface area is 189 Å². The van der Waals surface area contributed by atoms with E-state index in [0.29, 0.717) is 22.0 Å². The Morgan fingerprint density at radius 3 is 2.39 bits per heavy atom. The van der Waals surface area contributed by atoms with E-state index in [1.54, 1.807) is 13.2 Å². The molecule has 0 heterocycles. The largest absolute Gasteiger partial charge is 0.497 e. The van der Waals surface area contributed by atoms with Gasteiger partial charge in [0.15, 0.2) is 0 Å². The highest BCUT2D eigenvalue weighted by atomic mass is 79.9. The number of hydrogen-bond acceptors (Lipinski definition) is 4. The van der Waals surface area contributed by atoms with E-state index in [4.69, 9.17) is 4.74 Å². The molecule has 1 amide bonds. The lowest BCUT2D eigenvalue weighted by Gasteiger charge is -2.61. The number of methoxy groups -OCH3 is 1. The first-order valence-corrected chi connectivity index (χ1v) is 11.5. The number of nitro groups is 1. The minimum Gasteiger partial charge on any atom is -0.497 e. The third-order valence-electron chi connectivity index (χ3n) is 7.66. The Morgan fingerprint density at radius 2 is 1.81 bits per heavy atom. The van der Waals surface area contributed by atoms with Crippen LogP contribution in [0.2, 0.25) is 0 Å². The lowest BCUT2D eigenvalue weighted by molar-refractivity contribution is -0.384. The standard InChI is InChI=1S/C24H25BrN2O4/c1-31-19-5-2-17(3-6-19)23-10-15-8-16(11-23)13-24(12-15,14-23)22(28)26-21-7-4-18(27(29)30)9-20(21)25/h2-7,9,15-16H,8,10-14H2,1H3,(H,26,28). The van der Waals surface area contributed by atoms with E-state index < -0.39 is 4.92 Å². The molecule has 6 nitrogen and oxygen atoms in total. The predicted molar refractivity (Wildman–Crippen MR) is 121 cm³/mol. The number of benzene rings is 2. The van der Waals surface area contributed by atoms with Gasteiger partial charge in [0.05, 0.1) is 23.1 Å². The van der Waals surface area contributed by atoms with Gasteiger partial charge in [0.2, 0.25) is 5.91 Å². The molecule has 0 aromatic heterocycles. The van der Waals surface area contributed by atoms with Crippen LogP contribution in [0, 0.1) is 27.4 Å². The van der Waals surface area contributed by atoms with Crippen molar-refractivity contribution in [1.29, 1.82) is 0 Å². The molecule has 1 N–H and O–H groups in total. The molecule has 7 heteroatoms. The Morgan fingerprint density at radius 1 is 1.13 bits per heavy atom. The van der Waals surface area contributed by atoms with Crippen molar-refractivity contribution in [3.63, 3.8) is 0 Å². The molecular formula is C24H25BrN2O4. The molecule has 31 heavy (non-hydrogen) atoms. The van der Waals surface area contributed by atoms with Gasteiger partial charge in [0.1, 0.15) is 5.75 Å². The highest BCUT2D eigenvalue weighted by molar-refractivity contribution is 9.10. The van der Waals surface area contributed by atoms with Gasteiger partial charge >= 0.3 is 0 Å². The molecular weight excluding hydrogens is 460 g/mol. The number of nitrogens with zero attached hydrogens (tertiary/aromatic N) is 1. The van der Waals surface area contributed by atoms with Gasteiger partial charge in [-0.2, -0.15) is 0 Å². The molecule has 6 rings (SSSR count). The maximum atomic E-state index is 13.6. The van der Waals surface area contributed by atoms with E-state index >= 15 is 0 Å². The number of non-ortho nitro benzene ring substituents is 1. The summed E-state index contributed by atoms with van der Waals surface area (Å²) in [6, 6.07) is 12.9. The topological polar surface area (TPSA) is 81.5 Å². The first kappa shape index (κ1) is 20.5. The predicted octanol–water partition coefficient (Wildman–Crippen LogP) is 5.84. The molecule has 0 spiro atoms. The van der Waals surface area contributed by atoms with Crippen molar-refractivity contribution >= 4 is 33.2 Å². The number of nitro benzene ring substituents is 1. The summed E-state index contributed by atoms with van der Waals surface area (Å²) in [5, 5.41) is 14.1. The van der Waals surface area contributed by atoms with E-state index in [-0.39, 0.29) is 22.4 Å². The maximum Gasteiger partial charge on any atom is 0.270 e. The monoisotopic (exact) mass is 484 g/mol. The molecule has 2 atom stereocenters. The second kappa shape index (κ2) is 7.33. The Kier molecular flexibility index (Phi) is 4.84. The van der Waals surface area contributed by atoms with Crippen LogP contribution in [-0.2, 0) is 10.2 Å². The van der Waals surface area contributed by atoms with Crippen molar-refractivity contribution in [1.82, 2.24) is 0 Å². The van der Waals surface area contributed by atoms with Gasteiger partial charge in [-0.3, -0.25) is 14.9 Å². The van der Waals surface area contributed by atoms with Gasteiger partial charge in [0, 0.05) is 16.6 Å². The number of anilines is 1. The fourth-order valence-corrected chi connectivity index (χ4v) is 7.25. The lowest BCUT2D eigenvalue weighted by Crippen LogP contribution is -2.58. The molecule has 4 fully saturated rings. The number of halogens is 1. The summed E-state index contributed by atoms with van der Waals surface area (Å²) in [7, 11) is 1.68. The van der Waals surface area contributed by atoms with Crippen LogP contribution in [0.3, 0.4) is 0 Å². The van der Waals surface area contributed by atoms with Crippen LogP contribution < -0.4 is 10.1 Å². The Balaban J connectivity index is 1.44. The normalized spacial score (nSPS) is 30.8. The minimum absolute atomic E-state index is 0.00172. The van der Waals surface area contributed by atoms with Gasteiger partial charge in [-0.1, -0.05) is 12.1 Å². The van der Waals surface area contributed by atoms with Crippen LogP contribution >= 0.6 is 15.9 Å². The van der Waals surface area contributed by atoms with E-state index in [9.17, 15) is 14.9 Å². The second-order valence-electron chi connectivity index (χ2n) is 9.63. The lowest BCUT2D eigenvalue weighted by atomic mass is 9.42. The zero-order valence-electron chi connectivity index (χ0n) is 17.4. The summed E-state index contributed by atoms with van der Waals surface area (Å²) in [6.45, 7) is 0. The number of amides is 1. The van der Waals surface area contributed by atoms with Gasteiger partial charge < -0.3 is 10.1 Å². The zero-order valence-corrected chi connectivity index (χ0v) is 19.0. The average molecular weight is 485 g/mol. The van der Waals surface area contributed by atoms with Crippen LogP contribution in [-0.4, -0.2) is 17.9 Å².